The monoisotopic (exact) mass is 360 g/mol. The minimum Gasteiger partial charge on any atom is -0.479 e. The molecule has 1 N–H and O–H groups in total. The van der Waals surface area contributed by atoms with E-state index in [-0.39, 0.29) is 18.4 Å². The summed E-state index contributed by atoms with van der Waals surface area (Å²) in [4.78, 5) is 26.8. The van der Waals surface area contributed by atoms with E-state index in [0.717, 1.165) is 22.0 Å². The number of carbonyl (C=O) groups is 2. The summed E-state index contributed by atoms with van der Waals surface area (Å²) in [7, 11) is 0. The van der Waals surface area contributed by atoms with E-state index in [0.29, 0.717) is 11.4 Å². The number of benzene rings is 3. The molecule has 0 fully saturated rings. The Morgan fingerprint density at radius 2 is 1.89 bits per heavy atom. The number of nitrogens with zero attached hydrogens (tertiary/aromatic N) is 1. The van der Waals surface area contributed by atoms with E-state index in [1.165, 1.54) is 4.90 Å². The largest absolute Gasteiger partial charge is 0.479 e. The van der Waals surface area contributed by atoms with Crippen LogP contribution in [-0.2, 0) is 9.59 Å². The highest BCUT2D eigenvalue weighted by Gasteiger charge is 2.32. The molecule has 0 bridgehead atoms. The molecule has 3 aromatic carbocycles. The predicted molar refractivity (Wildman–Crippen MR) is 106 cm³/mol. The number of hydrogen-bond donors (Lipinski definition) is 1. The molecule has 1 aliphatic rings. The average molecular weight is 360 g/mol. The second kappa shape index (κ2) is 6.76. The molecule has 1 atom stereocenters. The molecular formula is C22H20N2O3. The number of amides is 2. The third-order valence-electron chi connectivity index (χ3n) is 4.69. The normalized spacial score (nSPS) is 16.0. The van der Waals surface area contributed by atoms with Gasteiger partial charge in [-0.05, 0) is 43.0 Å². The Morgan fingerprint density at radius 1 is 1.11 bits per heavy atom. The topological polar surface area (TPSA) is 58.6 Å². The van der Waals surface area contributed by atoms with Gasteiger partial charge in [0, 0.05) is 11.1 Å². The molecule has 0 saturated heterocycles. The van der Waals surface area contributed by atoms with Crippen molar-refractivity contribution >= 4 is 34.0 Å². The van der Waals surface area contributed by atoms with Gasteiger partial charge in [-0.2, -0.15) is 0 Å². The molecule has 0 aromatic heterocycles. The van der Waals surface area contributed by atoms with Gasteiger partial charge in [-0.25, -0.2) is 0 Å². The number of hydrogen-bond acceptors (Lipinski definition) is 3. The van der Waals surface area contributed by atoms with Crippen LogP contribution < -0.4 is 15.0 Å². The lowest BCUT2D eigenvalue weighted by molar-refractivity contribution is -0.127. The molecule has 136 valence electrons. The van der Waals surface area contributed by atoms with Crippen molar-refractivity contribution in [2.24, 2.45) is 0 Å². The number of nitrogens with one attached hydrogen (secondary N) is 1. The number of anilines is 2. The summed E-state index contributed by atoms with van der Waals surface area (Å²) in [6.07, 6.45) is -0.620. The van der Waals surface area contributed by atoms with Crippen LogP contribution in [0.4, 0.5) is 11.4 Å². The van der Waals surface area contributed by atoms with Crippen LogP contribution in [0.3, 0.4) is 0 Å². The van der Waals surface area contributed by atoms with Crippen LogP contribution >= 0.6 is 0 Å². The van der Waals surface area contributed by atoms with Crippen molar-refractivity contribution in [1.82, 2.24) is 0 Å². The summed E-state index contributed by atoms with van der Waals surface area (Å²) < 4.78 is 5.66. The Balaban J connectivity index is 1.61. The van der Waals surface area contributed by atoms with Gasteiger partial charge < -0.3 is 10.1 Å². The Hall–Kier alpha value is -3.34. The van der Waals surface area contributed by atoms with Gasteiger partial charge in [-0.1, -0.05) is 42.5 Å². The van der Waals surface area contributed by atoms with Crippen LogP contribution in [0.5, 0.6) is 5.75 Å². The van der Waals surface area contributed by atoms with Gasteiger partial charge in [0.1, 0.15) is 12.3 Å². The van der Waals surface area contributed by atoms with Gasteiger partial charge in [-0.15, -0.1) is 0 Å². The number of ether oxygens (including phenoxy) is 1. The molecule has 1 heterocycles. The highest BCUT2D eigenvalue weighted by Crippen LogP contribution is 2.34. The maximum absolute atomic E-state index is 12.7. The van der Waals surface area contributed by atoms with Crippen molar-refractivity contribution in [3.63, 3.8) is 0 Å². The van der Waals surface area contributed by atoms with Crippen molar-refractivity contribution in [2.45, 2.75) is 20.0 Å². The minimum absolute atomic E-state index is 0.0633. The zero-order valence-corrected chi connectivity index (χ0v) is 15.2. The fourth-order valence-corrected chi connectivity index (χ4v) is 3.35. The first-order chi connectivity index (χ1) is 13.0. The molecule has 3 aromatic rings. The van der Waals surface area contributed by atoms with Gasteiger partial charge >= 0.3 is 0 Å². The van der Waals surface area contributed by atoms with Crippen molar-refractivity contribution in [3.8, 4) is 5.75 Å². The summed E-state index contributed by atoms with van der Waals surface area (Å²) in [5, 5.41) is 4.95. The average Bonchev–Trinajstić information content (AvgIpc) is 2.66. The fourth-order valence-electron chi connectivity index (χ4n) is 3.35. The summed E-state index contributed by atoms with van der Waals surface area (Å²) in [5.74, 6) is 0.146. The Kier molecular flexibility index (Phi) is 4.28. The third kappa shape index (κ3) is 3.24. The lowest BCUT2D eigenvalue weighted by atomic mass is 10.1. The van der Waals surface area contributed by atoms with E-state index in [4.69, 9.17) is 4.74 Å². The first-order valence-electron chi connectivity index (χ1n) is 8.89. The SMILES string of the molecule is Cc1ccc2c(c1)N(CC(=O)Nc1cccc3ccccc13)C(=O)C(C)O2. The van der Waals surface area contributed by atoms with Crippen molar-refractivity contribution in [1.29, 1.82) is 0 Å². The summed E-state index contributed by atoms with van der Waals surface area (Å²) in [5.41, 5.74) is 2.36. The lowest BCUT2D eigenvalue weighted by Gasteiger charge is -2.32. The molecule has 5 nitrogen and oxygen atoms in total. The van der Waals surface area contributed by atoms with Crippen LogP contribution in [0.25, 0.3) is 10.8 Å². The molecule has 5 heteroatoms. The van der Waals surface area contributed by atoms with Gasteiger partial charge in [0.25, 0.3) is 5.91 Å². The molecule has 0 saturated carbocycles. The van der Waals surface area contributed by atoms with E-state index in [9.17, 15) is 9.59 Å². The zero-order chi connectivity index (χ0) is 19.0. The molecule has 2 amide bonds. The van der Waals surface area contributed by atoms with Crippen molar-refractivity contribution in [3.05, 3.63) is 66.2 Å². The Bertz CT molecular complexity index is 1040. The van der Waals surface area contributed by atoms with E-state index in [2.05, 4.69) is 5.32 Å². The summed E-state index contributed by atoms with van der Waals surface area (Å²) in [6.45, 7) is 3.57. The molecule has 4 rings (SSSR count). The smallest absolute Gasteiger partial charge is 0.268 e. The van der Waals surface area contributed by atoms with E-state index < -0.39 is 6.10 Å². The zero-order valence-electron chi connectivity index (χ0n) is 15.2. The fraction of sp³-hybridized carbons (Fsp3) is 0.182. The van der Waals surface area contributed by atoms with Crippen LogP contribution in [0.2, 0.25) is 0 Å². The van der Waals surface area contributed by atoms with Crippen molar-refractivity contribution in [2.75, 3.05) is 16.8 Å². The third-order valence-corrected chi connectivity index (χ3v) is 4.69. The highest BCUT2D eigenvalue weighted by atomic mass is 16.5. The van der Waals surface area contributed by atoms with Gasteiger partial charge in [0.05, 0.1) is 5.69 Å². The van der Waals surface area contributed by atoms with Gasteiger partial charge in [-0.3, -0.25) is 14.5 Å². The highest BCUT2D eigenvalue weighted by molar-refractivity contribution is 6.08. The van der Waals surface area contributed by atoms with Crippen LogP contribution in [0, 0.1) is 6.92 Å². The second-order valence-electron chi connectivity index (χ2n) is 6.73. The number of aryl methyl sites for hydroxylation is 1. The van der Waals surface area contributed by atoms with Crippen LogP contribution in [0.15, 0.2) is 60.7 Å². The van der Waals surface area contributed by atoms with E-state index >= 15 is 0 Å². The van der Waals surface area contributed by atoms with Crippen LogP contribution in [0.1, 0.15) is 12.5 Å². The summed E-state index contributed by atoms with van der Waals surface area (Å²) in [6, 6.07) is 19.2. The second-order valence-corrected chi connectivity index (χ2v) is 6.73. The Labute approximate surface area is 157 Å². The molecule has 0 radical (unpaired) electrons. The molecule has 1 aliphatic heterocycles. The number of carbonyl (C=O) groups excluding carboxylic acids is 2. The number of rotatable bonds is 3. The van der Waals surface area contributed by atoms with Crippen LogP contribution in [-0.4, -0.2) is 24.5 Å². The maximum atomic E-state index is 12.7. The quantitative estimate of drug-likeness (QED) is 0.771. The lowest BCUT2D eigenvalue weighted by Crippen LogP contribution is -2.47. The molecule has 27 heavy (non-hydrogen) atoms. The standard InChI is InChI=1S/C22H20N2O3/c1-14-10-11-20-19(12-14)24(22(26)15(2)27-20)13-21(25)23-18-9-5-7-16-6-3-4-8-17(16)18/h3-12,15H,13H2,1-2H3,(H,23,25). The predicted octanol–water partition coefficient (Wildman–Crippen LogP) is 3.90. The molecule has 0 aliphatic carbocycles. The van der Waals surface area contributed by atoms with E-state index in [1.54, 1.807) is 6.92 Å². The molecular weight excluding hydrogens is 340 g/mol. The first-order valence-corrected chi connectivity index (χ1v) is 8.89. The minimum atomic E-state index is -0.620. The van der Waals surface area contributed by atoms with Gasteiger partial charge in [0.2, 0.25) is 5.91 Å². The first kappa shape index (κ1) is 17.1. The maximum Gasteiger partial charge on any atom is 0.268 e. The van der Waals surface area contributed by atoms with Gasteiger partial charge in [0.15, 0.2) is 6.10 Å². The summed E-state index contributed by atoms with van der Waals surface area (Å²) >= 11 is 0. The van der Waals surface area contributed by atoms with Crippen molar-refractivity contribution < 1.29 is 14.3 Å². The van der Waals surface area contributed by atoms with E-state index in [1.807, 2.05) is 67.6 Å². The molecule has 1 unspecified atom stereocenters. The molecule has 0 spiro atoms. The number of fused-ring (bicyclic) bond motifs is 2. The Morgan fingerprint density at radius 3 is 2.74 bits per heavy atom.